The Morgan fingerprint density at radius 3 is 2.56 bits per heavy atom. The van der Waals surface area contributed by atoms with Crippen LogP contribution in [0.3, 0.4) is 0 Å². The first-order valence-electron chi connectivity index (χ1n) is 5.60. The van der Waals surface area contributed by atoms with E-state index in [1.165, 1.54) is 5.56 Å². The van der Waals surface area contributed by atoms with Crippen molar-refractivity contribution in [2.75, 3.05) is 0 Å². The Kier molecular flexibility index (Phi) is 4.40. The summed E-state index contributed by atoms with van der Waals surface area (Å²) in [4.78, 5) is 0. The number of nitrogens with two attached hydrogens (primary N) is 1. The van der Waals surface area contributed by atoms with Gasteiger partial charge >= 0.3 is 0 Å². The summed E-state index contributed by atoms with van der Waals surface area (Å²) in [5.74, 6) is 5.70. The van der Waals surface area contributed by atoms with Crippen LogP contribution < -0.4 is 11.3 Å². The maximum Gasteiger partial charge on any atom is 0.0727 e. The molecule has 3 N–H and O–H groups in total. The van der Waals surface area contributed by atoms with Gasteiger partial charge in [0, 0.05) is 9.50 Å². The quantitative estimate of drug-likeness (QED) is 0.662. The molecule has 2 aromatic rings. The second-order valence-corrected chi connectivity index (χ2v) is 5.44. The molecule has 0 fully saturated rings. The molecule has 94 valence electrons. The molecular weight excluding hydrogens is 312 g/mol. The SMILES string of the molecule is Cc1ccc(Br)cc1C(NN)c1ccccc1Cl. The van der Waals surface area contributed by atoms with Crippen molar-refractivity contribution in [2.45, 2.75) is 13.0 Å². The minimum Gasteiger partial charge on any atom is -0.271 e. The molecule has 0 aliphatic heterocycles. The van der Waals surface area contributed by atoms with Gasteiger partial charge in [-0.25, -0.2) is 5.43 Å². The monoisotopic (exact) mass is 324 g/mol. The van der Waals surface area contributed by atoms with E-state index >= 15 is 0 Å². The van der Waals surface area contributed by atoms with Gasteiger partial charge in [-0.3, -0.25) is 5.84 Å². The molecule has 0 bridgehead atoms. The van der Waals surface area contributed by atoms with Crippen molar-refractivity contribution in [3.63, 3.8) is 0 Å². The summed E-state index contributed by atoms with van der Waals surface area (Å²) in [7, 11) is 0. The molecule has 0 heterocycles. The molecule has 2 aromatic carbocycles. The molecule has 0 spiro atoms. The molecule has 0 saturated heterocycles. The highest BCUT2D eigenvalue weighted by Crippen LogP contribution is 2.30. The van der Waals surface area contributed by atoms with E-state index in [2.05, 4.69) is 40.4 Å². The first-order valence-corrected chi connectivity index (χ1v) is 6.77. The molecule has 0 aliphatic rings. The lowest BCUT2D eigenvalue weighted by Gasteiger charge is -2.20. The third-order valence-electron chi connectivity index (χ3n) is 2.94. The van der Waals surface area contributed by atoms with Gasteiger partial charge in [0.05, 0.1) is 6.04 Å². The molecule has 0 aliphatic carbocycles. The summed E-state index contributed by atoms with van der Waals surface area (Å²) in [6.45, 7) is 2.06. The van der Waals surface area contributed by atoms with Crippen LogP contribution in [0, 0.1) is 6.92 Å². The van der Waals surface area contributed by atoms with Crippen molar-refractivity contribution >= 4 is 27.5 Å². The minimum atomic E-state index is -0.115. The summed E-state index contributed by atoms with van der Waals surface area (Å²) in [6.07, 6.45) is 0. The molecule has 1 atom stereocenters. The van der Waals surface area contributed by atoms with Crippen LogP contribution in [-0.2, 0) is 0 Å². The van der Waals surface area contributed by atoms with Crippen LogP contribution in [0.2, 0.25) is 5.02 Å². The van der Waals surface area contributed by atoms with E-state index in [9.17, 15) is 0 Å². The molecule has 0 radical (unpaired) electrons. The molecule has 18 heavy (non-hydrogen) atoms. The molecule has 0 amide bonds. The van der Waals surface area contributed by atoms with Gasteiger partial charge in [-0.05, 0) is 41.8 Å². The third-order valence-corrected chi connectivity index (χ3v) is 3.77. The molecule has 4 heteroatoms. The first-order chi connectivity index (χ1) is 8.63. The summed E-state index contributed by atoms with van der Waals surface area (Å²) in [5, 5.41) is 0.708. The average Bonchev–Trinajstić information content (AvgIpc) is 2.36. The highest BCUT2D eigenvalue weighted by atomic mass is 79.9. The van der Waals surface area contributed by atoms with Gasteiger partial charge in [-0.15, -0.1) is 0 Å². The molecule has 0 aromatic heterocycles. The predicted molar refractivity (Wildman–Crippen MR) is 79.5 cm³/mol. The third kappa shape index (κ3) is 2.75. The number of hydrogen-bond donors (Lipinski definition) is 2. The second kappa shape index (κ2) is 5.85. The number of halogens is 2. The van der Waals surface area contributed by atoms with Crippen LogP contribution in [0.25, 0.3) is 0 Å². The predicted octanol–water partition coefficient (Wildman–Crippen LogP) is 3.96. The van der Waals surface area contributed by atoms with E-state index in [1.54, 1.807) is 0 Å². The molecule has 2 nitrogen and oxygen atoms in total. The van der Waals surface area contributed by atoms with Crippen molar-refractivity contribution in [3.8, 4) is 0 Å². The highest BCUT2D eigenvalue weighted by Gasteiger charge is 2.17. The Morgan fingerprint density at radius 1 is 1.17 bits per heavy atom. The number of hydrogen-bond acceptors (Lipinski definition) is 2. The zero-order valence-electron chi connectivity index (χ0n) is 9.95. The Bertz CT molecular complexity index is 557. The standard InChI is InChI=1S/C14H14BrClN2/c1-9-6-7-10(15)8-12(9)14(18-17)11-4-2-3-5-13(11)16/h2-8,14,18H,17H2,1H3. The van der Waals surface area contributed by atoms with E-state index in [4.69, 9.17) is 17.4 Å². The van der Waals surface area contributed by atoms with Crippen LogP contribution in [0.1, 0.15) is 22.7 Å². The first kappa shape index (κ1) is 13.6. The van der Waals surface area contributed by atoms with E-state index in [0.29, 0.717) is 5.02 Å². The van der Waals surface area contributed by atoms with Gasteiger partial charge in [0.15, 0.2) is 0 Å². The lowest BCUT2D eigenvalue weighted by Crippen LogP contribution is -2.29. The van der Waals surface area contributed by atoms with Crippen LogP contribution in [0.5, 0.6) is 0 Å². The lowest BCUT2D eigenvalue weighted by molar-refractivity contribution is 0.633. The summed E-state index contributed by atoms with van der Waals surface area (Å²) in [5.41, 5.74) is 6.09. The molecule has 2 rings (SSSR count). The normalized spacial score (nSPS) is 12.4. The Labute approximate surface area is 120 Å². The van der Waals surface area contributed by atoms with E-state index in [0.717, 1.165) is 15.6 Å². The van der Waals surface area contributed by atoms with Crippen molar-refractivity contribution in [1.82, 2.24) is 5.43 Å². The fourth-order valence-corrected chi connectivity index (χ4v) is 2.60. The highest BCUT2D eigenvalue weighted by molar-refractivity contribution is 9.10. The number of hydrazine groups is 1. The van der Waals surface area contributed by atoms with Crippen LogP contribution in [-0.4, -0.2) is 0 Å². The van der Waals surface area contributed by atoms with Gasteiger partial charge in [-0.2, -0.15) is 0 Å². The van der Waals surface area contributed by atoms with Crippen molar-refractivity contribution < 1.29 is 0 Å². The van der Waals surface area contributed by atoms with Gasteiger partial charge in [0.2, 0.25) is 0 Å². The van der Waals surface area contributed by atoms with Crippen LogP contribution in [0.4, 0.5) is 0 Å². The fraction of sp³-hybridized carbons (Fsp3) is 0.143. The van der Waals surface area contributed by atoms with Crippen LogP contribution in [0.15, 0.2) is 46.9 Å². The largest absolute Gasteiger partial charge is 0.271 e. The maximum absolute atomic E-state index is 6.23. The van der Waals surface area contributed by atoms with E-state index in [-0.39, 0.29) is 6.04 Å². The van der Waals surface area contributed by atoms with Crippen LogP contribution >= 0.6 is 27.5 Å². The minimum absolute atomic E-state index is 0.115. The average molecular weight is 326 g/mol. The van der Waals surface area contributed by atoms with E-state index in [1.807, 2.05) is 30.3 Å². The van der Waals surface area contributed by atoms with Gasteiger partial charge in [-0.1, -0.05) is 51.8 Å². The summed E-state index contributed by atoms with van der Waals surface area (Å²) in [6, 6.07) is 13.7. The molecule has 0 saturated carbocycles. The molecular formula is C14H14BrClN2. The Hall–Kier alpha value is -0.870. The smallest absolute Gasteiger partial charge is 0.0727 e. The van der Waals surface area contributed by atoms with Crippen molar-refractivity contribution in [1.29, 1.82) is 0 Å². The topological polar surface area (TPSA) is 38.0 Å². The Morgan fingerprint density at radius 2 is 1.89 bits per heavy atom. The van der Waals surface area contributed by atoms with Gasteiger partial charge < -0.3 is 0 Å². The second-order valence-electron chi connectivity index (χ2n) is 4.12. The van der Waals surface area contributed by atoms with Crippen molar-refractivity contribution in [2.24, 2.45) is 5.84 Å². The molecule has 1 unspecified atom stereocenters. The van der Waals surface area contributed by atoms with Gasteiger partial charge in [0.1, 0.15) is 0 Å². The summed E-state index contributed by atoms with van der Waals surface area (Å²) >= 11 is 9.72. The number of aryl methyl sites for hydroxylation is 1. The van der Waals surface area contributed by atoms with E-state index < -0.39 is 0 Å². The number of rotatable bonds is 3. The fourth-order valence-electron chi connectivity index (χ4n) is 1.98. The zero-order valence-corrected chi connectivity index (χ0v) is 12.3. The lowest BCUT2D eigenvalue weighted by atomic mass is 9.95. The van der Waals surface area contributed by atoms with Crippen molar-refractivity contribution in [3.05, 3.63) is 68.7 Å². The zero-order chi connectivity index (χ0) is 13.1. The maximum atomic E-state index is 6.23. The number of nitrogens with one attached hydrogen (secondary N) is 1. The Balaban J connectivity index is 2.52. The number of benzene rings is 2. The van der Waals surface area contributed by atoms with Gasteiger partial charge in [0.25, 0.3) is 0 Å². The summed E-state index contributed by atoms with van der Waals surface area (Å²) < 4.78 is 1.02.